The molecule has 0 radical (unpaired) electrons. The van der Waals surface area contributed by atoms with E-state index in [1.165, 1.54) is 7.11 Å². The summed E-state index contributed by atoms with van der Waals surface area (Å²) < 4.78 is 11.0. The summed E-state index contributed by atoms with van der Waals surface area (Å²) in [5, 5.41) is 6.55. The van der Waals surface area contributed by atoms with Gasteiger partial charge in [-0.05, 0) is 48.4 Å². The number of Topliss-reactive ketones (excluding diaryl/α,β-unsaturated/α-hetero) is 1. The highest BCUT2D eigenvalue weighted by Crippen LogP contribution is 2.23. The third kappa shape index (κ3) is 8.79. The molecule has 7 heteroatoms. The highest BCUT2D eigenvalue weighted by molar-refractivity contribution is 6.12. The van der Waals surface area contributed by atoms with Gasteiger partial charge in [0.1, 0.15) is 18.4 Å². The van der Waals surface area contributed by atoms with Crippen molar-refractivity contribution in [3.63, 3.8) is 0 Å². The Morgan fingerprint density at radius 1 is 0.767 bits per heavy atom. The van der Waals surface area contributed by atoms with E-state index in [-0.39, 0.29) is 11.6 Å². The Hall–Kier alpha value is -4.91. The van der Waals surface area contributed by atoms with Crippen LogP contribution in [0, 0.1) is 0 Å². The lowest BCUT2D eigenvalue weighted by Gasteiger charge is -2.20. The van der Waals surface area contributed by atoms with E-state index in [0.717, 1.165) is 24.1 Å². The molecule has 0 heterocycles. The molecular weight excluding hydrogens is 540 g/mol. The zero-order valence-corrected chi connectivity index (χ0v) is 24.7. The first-order valence-corrected chi connectivity index (χ1v) is 14.6. The number of para-hydroxylation sites is 2. The first kappa shape index (κ1) is 31.0. The van der Waals surface area contributed by atoms with Gasteiger partial charge in [0, 0.05) is 47.5 Å². The first-order chi connectivity index (χ1) is 21.0. The van der Waals surface area contributed by atoms with Crippen LogP contribution < -0.4 is 15.4 Å². The van der Waals surface area contributed by atoms with E-state index >= 15 is 0 Å². The van der Waals surface area contributed by atoms with E-state index in [1.807, 2.05) is 72.8 Å². The maximum atomic E-state index is 13.2. The summed E-state index contributed by atoms with van der Waals surface area (Å²) in [5.41, 5.74) is 4.04. The molecule has 0 aliphatic rings. The number of ketones is 2. The van der Waals surface area contributed by atoms with Crippen LogP contribution in [-0.2, 0) is 16.0 Å². The van der Waals surface area contributed by atoms with Crippen LogP contribution in [0.3, 0.4) is 0 Å². The molecule has 0 aromatic heterocycles. The third-order valence-corrected chi connectivity index (χ3v) is 7.06. The van der Waals surface area contributed by atoms with Crippen molar-refractivity contribution in [2.45, 2.75) is 38.6 Å². The van der Waals surface area contributed by atoms with Crippen molar-refractivity contribution in [3.05, 3.63) is 125 Å². The van der Waals surface area contributed by atoms with Crippen LogP contribution in [0.25, 0.3) is 0 Å². The van der Waals surface area contributed by atoms with Crippen molar-refractivity contribution in [2.75, 3.05) is 30.9 Å². The number of methoxy groups -OCH3 is 1. The summed E-state index contributed by atoms with van der Waals surface area (Å²) >= 11 is 0. The molecule has 2 N–H and O–H groups in total. The van der Waals surface area contributed by atoms with Gasteiger partial charge in [0.25, 0.3) is 0 Å². The number of rotatable bonds is 16. The van der Waals surface area contributed by atoms with Gasteiger partial charge in [-0.2, -0.15) is 0 Å². The molecule has 4 aromatic rings. The predicted molar refractivity (Wildman–Crippen MR) is 170 cm³/mol. The Morgan fingerprint density at radius 3 is 2.12 bits per heavy atom. The van der Waals surface area contributed by atoms with E-state index in [2.05, 4.69) is 17.6 Å². The van der Waals surface area contributed by atoms with Gasteiger partial charge in [-0.3, -0.25) is 9.59 Å². The zero-order chi connectivity index (χ0) is 30.4. The summed E-state index contributed by atoms with van der Waals surface area (Å²) in [4.78, 5) is 38.4. The standard InChI is InChI=1S/C36H38N2O5/c1-3-4-18-34(39)29-14-8-10-16-31(29)37-23-24-43-28-21-19-26(20-22-28)25-33(36(41)42-2)38-32-17-11-9-15-30(32)35(40)27-12-6-5-7-13-27/h5-17,19-22,33,37-38H,3-4,18,23-25H2,1-2H3. The number of anilines is 2. The minimum absolute atomic E-state index is 0.130. The summed E-state index contributed by atoms with van der Waals surface area (Å²) in [7, 11) is 1.35. The number of unbranched alkanes of at least 4 members (excludes halogenated alkanes) is 1. The van der Waals surface area contributed by atoms with Gasteiger partial charge in [-0.25, -0.2) is 4.79 Å². The van der Waals surface area contributed by atoms with Gasteiger partial charge in [0.05, 0.1) is 7.11 Å². The lowest BCUT2D eigenvalue weighted by atomic mass is 10.00. The summed E-state index contributed by atoms with van der Waals surface area (Å²) in [6, 6.07) is 30.6. The minimum Gasteiger partial charge on any atom is -0.492 e. The molecule has 7 nitrogen and oxygen atoms in total. The molecule has 0 bridgehead atoms. The Bertz CT molecular complexity index is 1500. The molecule has 0 saturated carbocycles. The molecule has 0 saturated heterocycles. The lowest BCUT2D eigenvalue weighted by Crippen LogP contribution is -2.33. The average molecular weight is 579 g/mol. The fraction of sp³-hybridized carbons (Fsp3) is 0.250. The van der Waals surface area contributed by atoms with Crippen LogP contribution in [0.5, 0.6) is 5.75 Å². The van der Waals surface area contributed by atoms with E-state index in [9.17, 15) is 14.4 Å². The van der Waals surface area contributed by atoms with Crippen LogP contribution in [0.2, 0.25) is 0 Å². The van der Waals surface area contributed by atoms with Crippen molar-refractivity contribution < 1.29 is 23.9 Å². The summed E-state index contributed by atoms with van der Waals surface area (Å²) in [6.07, 6.45) is 2.76. The van der Waals surface area contributed by atoms with Crippen molar-refractivity contribution in [1.29, 1.82) is 0 Å². The van der Waals surface area contributed by atoms with E-state index in [0.29, 0.717) is 54.1 Å². The first-order valence-electron chi connectivity index (χ1n) is 14.6. The second-order valence-electron chi connectivity index (χ2n) is 10.2. The highest BCUT2D eigenvalue weighted by Gasteiger charge is 2.22. The Labute approximate surface area is 253 Å². The Morgan fingerprint density at radius 2 is 1.42 bits per heavy atom. The maximum Gasteiger partial charge on any atom is 0.328 e. The van der Waals surface area contributed by atoms with Crippen molar-refractivity contribution in [3.8, 4) is 5.75 Å². The second-order valence-corrected chi connectivity index (χ2v) is 10.2. The van der Waals surface area contributed by atoms with Crippen LogP contribution in [0.1, 0.15) is 58.0 Å². The number of benzene rings is 4. The molecule has 43 heavy (non-hydrogen) atoms. The quantitative estimate of drug-likeness (QED) is 0.0842. The normalized spacial score (nSPS) is 11.3. The molecule has 1 atom stereocenters. The van der Waals surface area contributed by atoms with Gasteiger partial charge in [0.2, 0.25) is 0 Å². The molecule has 0 spiro atoms. The van der Waals surface area contributed by atoms with Gasteiger partial charge in [-0.15, -0.1) is 0 Å². The summed E-state index contributed by atoms with van der Waals surface area (Å²) in [6.45, 7) is 3.02. The van der Waals surface area contributed by atoms with Crippen molar-refractivity contribution >= 4 is 28.9 Å². The Balaban J connectivity index is 1.35. The van der Waals surface area contributed by atoms with Gasteiger partial charge in [0.15, 0.2) is 11.6 Å². The van der Waals surface area contributed by atoms with E-state index in [4.69, 9.17) is 9.47 Å². The number of ether oxygens (including phenoxy) is 2. The highest BCUT2D eigenvalue weighted by atomic mass is 16.5. The second kappa shape index (κ2) is 15.9. The molecule has 0 amide bonds. The van der Waals surface area contributed by atoms with Crippen LogP contribution in [0.4, 0.5) is 11.4 Å². The van der Waals surface area contributed by atoms with Crippen LogP contribution in [0.15, 0.2) is 103 Å². The Kier molecular flexibility index (Phi) is 11.5. The number of carbonyl (C=O) groups excluding carboxylic acids is 3. The van der Waals surface area contributed by atoms with Crippen LogP contribution in [-0.4, -0.2) is 43.8 Å². The number of hydrogen-bond acceptors (Lipinski definition) is 7. The van der Waals surface area contributed by atoms with Gasteiger partial charge in [-0.1, -0.05) is 80.1 Å². The average Bonchev–Trinajstić information content (AvgIpc) is 3.06. The summed E-state index contributed by atoms with van der Waals surface area (Å²) in [5.74, 6) is 0.281. The van der Waals surface area contributed by atoms with Gasteiger partial charge >= 0.3 is 5.97 Å². The van der Waals surface area contributed by atoms with Gasteiger partial charge < -0.3 is 20.1 Å². The predicted octanol–water partition coefficient (Wildman–Crippen LogP) is 6.98. The molecule has 4 rings (SSSR count). The molecular formula is C36H38N2O5. The smallest absolute Gasteiger partial charge is 0.328 e. The number of nitrogens with one attached hydrogen (secondary N) is 2. The topological polar surface area (TPSA) is 93.7 Å². The minimum atomic E-state index is -0.703. The lowest BCUT2D eigenvalue weighted by molar-refractivity contribution is -0.141. The van der Waals surface area contributed by atoms with E-state index in [1.54, 1.807) is 30.3 Å². The molecule has 0 aliphatic heterocycles. The maximum absolute atomic E-state index is 13.2. The number of carbonyl (C=O) groups is 3. The fourth-order valence-electron chi connectivity index (χ4n) is 4.74. The number of esters is 1. The number of hydrogen-bond donors (Lipinski definition) is 2. The zero-order valence-electron chi connectivity index (χ0n) is 24.7. The molecule has 0 aliphatic carbocycles. The largest absolute Gasteiger partial charge is 0.492 e. The molecule has 1 unspecified atom stereocenters. The van der Waals surface area contributed by atoms with Crippen molar-refractivity contribution in [2.24, 2.45) is 0 Å². The third-order valence-electron chi connectivity index (χ3n) is 7.06. The monoisotopic (exact) mass is 578 g/mol. The molecule has 222 valence electrons. The van der Waals surface area contributed by atoms with E-state index < -0.39 is 12.0 Å². The fourth-order valence-corrected chi connectivity index (χ4v) is 4.74. The molecule has 4 aromatic carbocycles. The molecule has 0 fully saturated rings. The van der Waals surface area contributed by atoms with Crippen LogP contribution >= 0.6 is 0 Å². The van der Waals surface area contributed by atoms with Crippen molar-refractivity contribution in [1.82, 2.24) is 0 Å². The SMILES string of the molecule is CCCCC(=O)c1ccccc1NCCOc1ccc(CC(Nc2ccccc2C(=O)c2ccccc2)C(=O)OC)cc1.